The molecule has 0 spiro atoms. The molecule has 0 bridgehead atoms. The summed E-state index contributed by atoms with van der Waals surface area (Å²) in [5.74, 6) is 0.378. The number of benzene rings is 1. The van der Waals surface area contributed by atoms with Crippen LogP contribution in [-0.2, 0) is 11.3 Å². The molecule has 11 heteroatoms. The van der Waals surface area contributed by atoms with E-state index in [-0.39, 0.29) is 17.2 Å². The number of anilines is 1. The van der Waals surface area contributed by atoms with E-state index < -0.39 is 0 Å². The minimum Gasteiger partial charge on any atom is -0.324 e. The molecule has 0 aliphatic rings. The predicted octanol–water partition coefficient (Wildman–Crippen LogP) is 4.60. The molecule has 0 aliphatic heterocycles. The summed E-state index contributed by atoms with van der Waals surface area (Å²) in [4.78, 5) is 26.5. The molecule has 31 heavy (non-hydrogen) atoms. The maximum Gasteiger partial charge on any atom is 0.273 e. The van der Waals surface area contributed by atoms with Crippen LogP contribution < -0.4 is 10.9 Å². The van der Waals surface area contributed by atoms with Gasteiger partial charge in [-0.25, -0.2) is 0 Å². The Balaban J connectivity index is 1.47. The third-order valence-corrected chi connectivity index (χ3v) is 7.57. The molecule has 7 nitrogen and oxygen atoms in total. The summed E-state index contributed by atoms with van der Waals surface area (Å²) >= 11 is 10.3. The molecule has 156 valence electrons. The monoisotopic (exact) mass is 487 g/mol. The Hall–Kier alpha value is -2.66. The number of aromatic nitrogens is 4. The van der Waals surface area contributed by atoms with Crippen LogP contribution in [0.25, 0.3) is 16.0 Å². The molecular weight excluding hydrogens is 474 g/mol. The Kier molecular flexibility index (Phi) is 5.53. The standard InChI is InChI=1S/C20H14ClN5O2S3/c21-13-5-1-2-6-14(13)22-16(27)11-31-20-24-23-19-25(10-12-4-3-8-29-12)18(28)17-15(26(19)20)7-9-30-17/h1-9H,10-11H2,(H,22,27). The fourth-order valence-electron chi connectivity index (χ4n) is 3.17. The quantitative estimate of drug-likeness (QED) is 0.354. The highest BCUT2D eigenvalue weighted by Crippen LogP contribution is 2.26. The van der Waals surface area contributed by atoms with Crippen LogP contribution in [0.15, 0.2) is 63.2 Å². The Morgan fingerprint density at radius 1 is 1.10 bits per heavy atom. The first-order valence-corrected chi connectivity index (χ1v) is 12.3. The lowest BCUT2D eigenvalue weighted by molar-refractivity contribution is -0.113. The van der Waals surface area contributed by atoms with Crippen molar-refractivity contribution >= 4 is 73.6 Å². The number of halogens is 1. The molecule has 1 amide bonds. The molecule has 0 radical (unpaired) electrons. The number of nitrogens with zero attached hydrogens (tertiary/aromatic N) is 4. The number of para-hydroxylation sites is 1. The number of thioether (sulfide) groups is 1. The Morgan fingerprint density at radius 3 is 2.77 bits per heavy atom. The van der Waals surface area contributed by atoms with Gasteiger partial charge in [-0.3, -0.25) is 18.6 Å². The molecule has 0 aliphatic carbocycles. The first-order chi connectivity index (χ1) is 15.1. The van der Waals surface area contributed by atoms with E-state index in [1.54, 1.807) is 40.2 Å². The van der Waals surface area contributed by atoms with E-state index in [0.717, 1.165) is 10.4 Å². The minimum absolute atomic E-state index is 0.0914. The molecule has 0 saturated carbocycles. The highest BCUT2D eigenvalue weighted by atomic mass is 35.5. The van der Waals surface area contributed by atoms with Gasteiger partial charge in [0.25, 0.3) is 5.56 Å². The summed E-state index contributed by atoms with van der Waals surface area (Å²) in [6.45, 7) is 0.420. The lowest BCUT2D eigenvalue weighted by atomic mass is 10.3. The maximum atomic E-state index is 13.1. The number of hydrogen-bond acceptors (Lipinski definition) is 7. The van der Waals surface area contributed by atoms with Gasteiger partial charge in [-0.05, 0) is 35.0 Å². The Morgan fingerprint density at radius 2 is 1.97 bits per heavy atom. The zero-order chi connectivity index (χ0) is 21.4. The normalized spacial score (nSPS) is 11.4. The minimum atomic E-state index is -0.205. The average molecular weight is 488 g/mol. The Labute approximate surface area is 193 Å². The van der Waals surface area contributed by atoms with Gasteiger partial charge < -0.3 is 5.32 Å². The van der Waals surface area contributed by atoms with Crippen LogP contribution in [0.1, 0.15) is 4.88 Å². The number of carbonyl (C=O) groups is 1. The summed E-state index contributed by atoms with van der Waals surface area (Å²) in [6.07, 6.45) is 0. The molecule has 5 rings (SSSR count). The second-order valence-electron chi connectivity index (χ2n) is 6.54. The second kappa shape index (κ2) is 8.46. The number of nitrogens with one attached hydrogen (secondary N) is 1. The number of thiophene rings is 2. The zero-order valence-electron chi connectivity index (χ0n) is 15.8. The summed E-state index contributed by atoms with van der Waals surface area (Å²) in [6, 6.07) is 12.9. The van der Waals surface area contributed by atoms with Crippen molar-refractivity contribution in [3.8, 4) is 0 Å². The van der Waals surface area contributed by atoms with Crippen LogP contribution in [0.3, 0.4) is 0 Å². The van der Waals surface area contributed by atoms with Gasteiger partial charge in [0.15, 0.2) is 5.16 Å². The Bertz CT molecular complexity index is 1460. The van der Waals surface area contributed by atoms with Crippen molar-refractivity contribution in [1.82, 2.24) is 19.2 Å². The molecule has 4 aromatic heterocycles. The SMILES string of the molecule is O=C(CSc1nnc2n(Cc3cccs3)c(=O)c3sccc3n12)Nc1ccccc1Cl. The van der Waals surface area contributed by atoms with Crippen molar-refractivity contribution in [2.24, 2.45) is 0 Å². The molecule has 0 unspecified atom stereocenters. The largest absolute Gasteiger partial charge is 0.324 e. The van der Waals surface area contributed by atoms with E-state index in [0.29, 0.717) is 32.9 Å². The summed E-state index contributed by atoms with van der Waals surface area (Å²) in [5, 5.41) is 16.2. The van der Waals surface area contributed by atoms with Crippen molar-refractivity contribution in [3.05, 3.63) is 73.5 Å². The highest BCUT2D eigenvalue weighted by molar-refractivity contribution is 7.99. The first-order valence-electron chi connectivity index (χ1n) is 9.16. The fraction of sp³-hybridized carbons (Fsp3) is 0.100. The van der Waals surface area contributed by atoms with Gasteiger partial charge >= 0.3 is 0 Å². The second-order valence-corrected chi connectivity index (χ2v) is 9.84. The number of amides is 1. The van der Waals surface area contributed by atoms with Crippen LogP contribution >= 0.6 is 46.0 Å². The van der Waals surface area contributed by atoms with E-state index in [2.05, 4.69) is 15.5 Å². The summed E-state index contributed by atoms with van der Waals surface area (Å²) in [7, 11) is 0. The van der Waals surface area contributed by atoms with Crippen molar-refractivity contribution in [2.45, 2.75) is 11.7 Å². The van der Waals surface area contributed by atoms with Crippen molar-refractivity contribution < 1.29 is 4.79 Å². The van der Waals surface area contributed by atoms with E-state index in [9.17, 15) is 9.59 Å². The molecule has 0 atom stereocenters. The van der Waals surface area contributed by atoms with Gasteiger partial charge in [0, 0.05) is 4.88 Å². The van der Waals surface area contributed by atoms with Gasteiger partial charge in [-0.15, -0.1) is 32.9 Å². The number of fused-ring (bicyclic) bond motifs is 3. The smallest absolute Gasteiger partial charge is 0.273 e. The molecule has 5 aromatic rings. The van der Waals surface area contributed by atoms with E-state index in [4.69, 9.17) is 11.6 Å². The molecule has 1 aromatic carbocycles. The third kappa shape index (κ3) is 3.87. The van der Waals surface area contributed by atoms with Crippen LogP contribution in [-0.4, -0.2) is 30.8 Å². The lowest BCUT2D eigenvalue weighted by Crippen LogP contribution is -2.22. The van der Waals surface area contributed by atoms with Crippen LogP contribution in [0.4, 0.5) is 5.69 Å². The van der Waals surface area contributed by atoms with Crippen molar-refractivity contribution in [3.63, 3.8) is 0 Å². The molecule has 4 heterocycles. The van der Waals surface area contributed by atoms with Crippen molar-refractivity contribution in [1.29, 1.82) is 0 Å². The fourth-order valence-corrected chi connectivity index (χ4v) is 5.61. The lowest BCUT2D eigenvalue weighted by Gasteiger charge is -2.09. The van der Waals surface area contributed by atoms with Gasteiger partial charge in [0.1, 0.15) is 4.70 Å². The number of hydrogen-bond donors (Lipinski definition) is 1. The third-order valence-electron chi connectivity index (χ3n) is 4.56. The number of carbonyl (C=O) groups excluding carboxylic acids is 1. The van der Waals surface area contributed by atoms with Crippen molar-refractivity contribution in [2.75, 3.05) is 11.1 Å². The number of rotatable bonds is 6. The highest BCUT2D eigenvalue weighted by Gasteiger charge is 2.19. The van der Waals surface area contributed by atoms with Gasteiger partial charge in [-0.2, -0.15) is 0 Å². The molecular formula is C20H14ClN5O2S3. The predicted molar refractivity (Wildman–Crippen MR) is 127 cm³/mol. The van der Waals surface area contributed by atoms with Crippen LogP contribution in [0.2, 0.25) is 5.02 Å². The maximum absolute atomic E-state index is 13.1. The van der Waals surface area contributed by atoms with Crippen LogP contribution in [0, 0.1) is 0 Å². The van der Waals surface area contributed by atoms with Gasteiger partial charge in [0.2, 0.25) is 11.7 Å². The van der Waals surface area contributed by atoms with E-state index >= 15 is 0 Å². The summed E-state index contributed by atoms with van der Waals surface area (Å²) < 4.78 is 4.10. The first kappa shape index (κ1) is 20.3. The summed E-state index contributed by atoms with van der Waals surface area (Å²) in [5.41, 5.74) is 1.21. The van der Waals surface area contributed by atoms with Crippen LogP contribution in [0.5, 0.6) is 0 Å². The zero-order valence-corrected chi connectivity index (χ0v) is 19.0. The van der Waals surface area contributed by atoms with E-state index in [1.807, 2.05) is 33.4 Å². The topological polar surface area (TPSA) is 81.3 Å². The molecule has 0 saturated heterocycles. The van der Waals surface area contributed by atoms with E-state index in [1.165, 1.54) is 23.1 Å². The van der Waals surface area contributed by atoms with Gasteiger partial charge in [0.05, 0.1) is 28.5 Å². The molecule has 1 N–H and O–H groups in total. The average Bonchev–Trinajstić information content (AvgIpc) is 3.51. The molecule has 0 fully saturated rings. The van der Waals surface area contributed by atoms with Gasteiger partial charge in [-0.1, -0.05) is 41.6 Å².